The summed E-state index contributed by atoms with van der Waals surface area (Å²) in [5, 5.41) is 0. The summed E-state index contributed by atoms with van der Waals surface area (Å²) in [6.07, 6.45) is 0. The van der Waals surface area contributed by atoms with E-state index < -0.39 is 5.41 Å². The van der Waals surface area contributed by atoms with Gasteiger partial charge in [-0.25, -0.2) is 0 Å². The smallest absolute Gasteiger partial charge is 0.0726 e. The Morgan fingerprint density at radius 2 is 0.774 bits per heavy atom. The zero-order valence-corrected chi connectivity index (χ0v) is 29.5. The van der Waals surface area contributed by atoms with Gasteiger partial charge in [0.15, 0.2) is 0 Å². The molecule has 3 aliphatic carbocycles. The van der Waals surface area contributed by atoms with Crippen molar-refractivity contribution in [2.24, 2.45) is 0 Å². The average molecular weight is 680 g/mol. The molecular weight excluding hydrogens is 639 g/mol. The molecule has 0 saturated heterocycles. The summed E-state index contributed by atoms with van der Waals surface area (Å²) in [6.45, 7) is 4.50. The van der Waals surface area contributed by atoms with Crippen molar-refractivity contribution in [3.8, 4) is 44.5 Å². The number of hydrogen-bond acceptors (Lipinski definition) is 1. The summed E-state index contributed by atoms with van der Waals surface area (Å²) >= 11 is 0. The molecule has 53 heavy (non-hydrogen) atoms. The molecule has 0 amide bonds. The lowest BCUT2D eigenvalue weighted by atomic mass is 9.70. The monoisotopic (exact) mass is 679 g/mol. The van der Waals surface area contributed by atoms with Gasteiger partial charge < -0.3 is 4.90 Å². The quantitative estimate of drug-likeness (QED) is 0.179. The number of benzene rings is 8. The van der Waals surface area contributed by atoms with Crippen LogP contribution >= 0.6 is 0 Å². The highest BCUT2D eigenvalue weighted by molar-refractivity contribution is 5.96. The van der Waals surface area contributed by atoms with Gasteiger partial charge in [-0.1, -0.05) is 165 Å². The Morgan fingerprint density at radius 1 is 0.358 bits per heavy atom. The predicted molar refractivity (Wildman–Crippen MR) is 220 cm³/mol. The number of nitrogens with zero attached hydrogens (tertiary/aromatic N) is 1. The molecule has 250 valence electrons. The van der Waals surface area contributed by atoms with Crippen LogP contribution in [0.2, 0.25) is 0 Å². The summed E-state index contributed by atoms with van der Waals surface area (Å²) in [7, 11) is 0. The first-order valence-corrected chi connectivity index (χ1v) is 18.4. The van der Waals surface area contributed by atoms with Gasteiger partial charge in [0, 0.05) is 22.5 Å². The predicted octanol–water partition coefficient (Wildman–Crippen LogP) is 13.5. The van der Waals surface area contributed by atoms with E-state index in [9.17, 15) is 5.48 Å². The molecule has 0 saturated carbocycles. The minimum Gasteiger partial charge on any atom is -0.310 e. The molecule has 0 aromatic heterocycles. The molecule has 0 bridgehead atoms. The SMILES string of the molecule is [2H]c1c([2H])c(N(c2ccc3c(c2)C(C)(C)c2ccccc2-3)c2ccc3c(c2)C2(c4ccccc4-c4ccccc42)c2ccccc2-3)c([2H])c([2H])c1-c1ccccc1. The van der Waals surface area contributed by atoms with Crippen molar-refractivity contribution < 1.29 is 5.48 Å². The first kappa shape index (κ1) is 26.4. The molecule has 1 spiro atoms. The van der Waals surface area contributed by atoms with Gasteiger partial charge in [-0.15, -0.1) is 0 Å². The highest BCUT2D eigenvalue weighted by atomic mass is 15.1. The maximum Gasteiger partial charge on any atom is 0.0726 e. The van der Waals surface area contributed by atoms with Crippen LogP contribution in [0, 0.1) is 0 Å². The van der Waals surface area contributed by atoms with Crippen molar-refractivity contribution in [1.29, 1.82) is 0 Å². The van der Waals surface area contributed by atoms with E-state index in [-0.39, 0.29) is 35.3 Å². The lowest BCUT2D eigenvalue weighted by molar-refractivity contribution is 0.660. The Kier molecular flexibility index (Phi) is 5.48. The highest BCUT2D eigenvalue weighted by Gasteiger charge is 2.51. The highest BCUT2D eigenvalue weighted by Crippen LogP contribution is 2.63. The Balaban J connectivity index is 1.21. The van der Waals surface area contributed by atoms with Crippen molar-refractivity contribution >= 4 is 17.1 Å². The second-order valence-corrected chi connectivity index (χ2v) is 14.9. The van der Waals surface area contributed by atoms with E-state index in [1.54, 1.807) is 0 Å². The van der Waals surface area contributed by atoms with Crippen LogP contribution in [0.15, 0.2) is 188 Å². The molecule has 0 unspecified atom stereocenters. The molecule has 8 aromatic rings. The molecular formula is C52H37N. The van der Waals surface area contributed by atoms with Crippen LogP contribution in [0.5, 0.6) is 0 Å². The van der Waals surface area contributed by atoms with E-state index in [4.69, 9.17) is 0 Å². The van der Waals surface area contributed by atoms with Gasteiger partial charge >= 0.3 is 0 Å². The topological polar surface area (TPSA) is 3.24 Å². The van der Waals surface area contributed by atoms with Gasteiger partial charge in [0.2, 0.25) is 0 Å². The first-order valence-electron chi connectivity index (χ1n) is 20.4. The third-order valence-corrected chi connectivity index (χ3v) is 12.0. The summed E-state index contributed by atoms with van der Waals surface area (Å²) in [5.41, 5.74) is 16.2. The maximum absolute atomic E-state index is 9.67. The lowest BCUT2D eigenvalue weighted by Crippen LogP contribution is -2.26. The van der Waals surface area contributed by atoms with Crippen LogP contribution in [0.25, 0.3) is 44.5 Å². The Bertz CT molecular complexity index is 2910. The second-order valence-electron chi connectivity index (χ2n) is 14.9. The number of fused-ring (bicyclic) bond motifs is 13. The molecule has 0 radical (unpaired) electrons. The van der Waals surface area contributed by atoms with Crippen molar-refractivity contribution in [2.75, 3.05) is 4.90 Å². The fraction of sp³-hybridized carbons (Fsp3) is 0.0769. The molecule has 0 aliphatic heterocycles. The molecule has 0 atom stereocenters. The van der Waals surface area contributed by atoms with E-state index in [2.05, 4.69) is 147 Å². The molecule has 0 heterocycles. The average Bonchev–Trinajstić information content (AvgIpc) is 3.80. The largest absolute Gasteiger partial charge is 0.310 e. The van der Waals surface area contributed by atoms with E-state index in [0.29, 0.717) is 11.1 Å². The van der Waals surface area contributed by atoms with Crippen LogP contribution in [0.3, 0.4) is 0 Å². The Labute approximate surface area is 317 Å². The number of anilines is 3. The van der Waals surface area contributed by atoms with Gasteiger partial charge in [0.05, 0.1) is 10.9 Å². The summed E-state index contributed by atoms with van der Waals surface area (Å²) in [4.78, 5) is 1.97. The third-order valence-electron chi connectivity index (χ3n) is 12.0. The Morgan fingerprint density at radius 3 is 1.32 bits per heavy atom. The van der Waals surface area contributed by atoms with Gasteiger partial charge in [0.25, 0.3) is 0 Å². The van der Waals surface area contributed by atoms with Crippen LogP contribution in [0.4, 0.5) is 17.1 Å². The summed E-state index contributed by atoms with van der Waals surface area (Å²) in [5.74, 6) is 0. The second kappa shape index (κ2) is 11.0. The molecule has 3 aliphatic rings. The third kappa shape index (κ3) is 4.08. The van der Waals surface area contributed by atoms with E-state index in [1.807, 2.05) is 35.2 Å². The minimum absolute atomic E-state index is 0.0696. The van der Waals surface area contributed by atoms with Gasteiger partial charge in [0.1, 0.15) is 0 Å². The van der Waals surface area contributed by atoms with Crippen molar-refractivity contribution in [3.63, 3.8) is 0 Å². The van der Waals surface area contributed by atoms with Crippen LogP contribution in [-0.4, -0.2) is 0 Å². The standard InChI is InChI=1S/C52H37N/c1-51(2)45-20-10-6-16-39(45)43-30-28-37(32-49(43)51)53(36-26-24-35(25-27-36)34-14-4-3-5-15-34)38-29-31-44-42-19-9-13-23-48(42)52(50(44)33-38)46-21-11-7-17-40(46)41-18-8-12-22-47(41)52/h3-33H,1-2H3/i24D,25D,26D,27D. The number of hydrogen-bond donors (Lipinski definition) is 0. The van der Waals surface area contributed by atoms with Gasteiger partial charge in [-0.05, 0) is 114 Å². The van der Waals surface area contributed by atoms with Gasteiger partial charge in [-0.2, -0.15) is 0 Å². The maximum atomic E-state index is 9.67. The molecule has 8 aromatic carbocycles. The molecule has 0 fully saturated rings. The van der Waals surface area contributed by atoms with E-state index in [0.717, 1.165) is 28.1 Å². The zero-order valence-electron chi connectivity index (χ0n) is 33.5. The summed E-state index contributed by atoms with van der Waals surface area (Å²) in [6, 6.07) is 56.7. The molecule has 1 nitrogen and oxygen atoms in total. The van der Waals surface area contributed by atoms with Crippen molar-refractivity contribution in [1.82, 2.24) is 0 Å². The molecule has 11 rings (SSSR count). The number of rotatable bonds is 4. The van der Waals surface area contributed by atoms with Crippen molar-refractivity contribution in [3.05, 3.63) is 221 Å². The zero-order chi connectivity index (χ0) is 38.8. The van der Waals surface area contributed by atoms with Crippen LogP contribution in [0.1, 0.15) is 52.7 Å². The lowest BCUT2D eigenvalue weighted by Gasteiger charge is -2.32. The van der Waals surface area contributed by atoms with Crippen LogP contribution < -0.4 is 4.90 Å². The fourth-order valence-corrected chi connectivity index (χ4v) is 9.63. The van der Waals surface area contributed by atoms with Crippen molar-refractivity contribution in [2.45, 2.75) is 24.7 Å². The molecule has 0 N–H and O–H groups in total. The van der Waals surface area contributed by atoms with E-state index in [1.165, 1.54) is 50.1 Å². The summed E-state index contributed by atoms with van der Waals surface area (Å²) < 4.78 is 38.1. The molecule has 1 heteroatoms. The van der Waals surface area contributed by atoms with Crippen LogP contribution in [-0.2, 0) is 10.8 Å². The van der Waals surface area contributed by atoms with E-state index >= 15 is 0 Å². The normalized spacial score (nSPS) is 15.6. The first-order chi connectivity index (χ1) is 27.7. The fourth-order valence-electron chi connectivity index (χ4n) is 9.63. The minimum atomic E-state index is -0.589. The van der Waals surface area contributed by atoms with Gasteiger partial charge in [-0.3, -0.25) is 0 Å². The Hall–Kier alpha value is -6.44.